The molecule has 1 aromatic carbocycles. The van der Waals surface area contributed by atoms with Crippen LogP contribution in [0.1, 0.15) is 16.1 Å². The Labute approximate surface area is 192 Å². The van der Waals surface area contributed by atoms with Crippen LogP contribution in [0.4, 0.5) is 15.9 Å². The molecule has 34 heavy (non-hydrogen) atoms. The molecule has 0 saturated carbocycles. The van der Waals surface area contributed by atoms with Gasteiger partial charge >= 0.3 is 0 Å². The Morgan fingerprint density at radius 2 is 1.94 bits per heavy atom. The van der Waals surface area contributed by atoms with Gasteiger partial charge in [0.2, 0.25) is 0 Å². The summed E-state index contributed by atoms with van der Waals surface area (Å²) in [6, 6.07) is 14.8. The normalized spacial score (nSPS) is 10.9. The number of aromatic nitrogens is 6. The molecule has 11 heteroatoms. The van der Waals surface area contributed by atoms with Gasteiger partial charge in [-0.3, -0.25) is 14.5 Å². The zero-order chi connectivity index (χ0) is 23.5. The van der Waals surface area contributed by atoms with Crippen LogP contribution in [0.25, 0.3) is 22.9 Å². The summed E-state index contributed by atoms with van der Waals surface area (Å²) in [5, 5.41) is 11.1. The Morgan fingerprint density at radius 3 is 2.68 bits per heavy atom. The highest BCUT2D eigenvalue weighted by Crippen LogP contribution is 2.26. The number of benzene rings is 1. The minimum Gasteiger partial charge on any atom is -0.382 e. The molecule has 0 unspecified atom stereocenters. The van der Waals surface area contributed by atoms with Crippen molar-refractivity contribution in [3.8, 4) is 22.9 Å². The maximum absolute atomic E-state index is 14.2. The zero-order valence-corrected chi connectivity index (χ0v) is 17.6. The summed E-state index contributed by atoms with van der Waals surface area (Å²) < 4.78 is 20.8. The van der Waals surface area contributed by atoms with E-state index in [9.17, 15) is 9.18 Å². The van der Waals surface area contributed by atoms with Gasteiger partial charge in [-0.05, 0) is 24.3 Å². The number of halogens is 1. The second kappa shape index (κ2) is 8.90. The molecule has 5 rings (SSSR count). The number of anilines is 2. The van der Waals surface area contributed by atoms with Crippen molar-refractivity contribution < 1.29 is 13.7 Å². The average molecular weight is 456 g/mol. The van der Waals surface area contributed by atoms with E-state index in [2.05, 4.69) is 30.5 Å². The van der Waals surface area contributed by atoms with Gasteiger partial charge in [0.05, 0.1) is 18.4 Å². The summed E-state index contributed by atoms with van der Waals surface area (Å²) >= 11 is 0. The molecule has 3 N–H and O–H groups in total. The van der Waals surface area contributed by atoms with Crippen LogP contribution in [-0.4, -0.2) is 35.8 Å². The number of carbonyl (C=O) groups is 1. The lowest BCUT2D eigenvalue weighted by atomic mass is 10.2. The molecule has 0 fully saturated rings. The molecule has 1 amide bonds. The molecule has 168 valence electrons. The maximum Gasteiger partial charge on any atom is 0.274 e. The minimum atomic E-state index is -0.439. The van der Waals surface area contributed by atoms with Gasteiger partial charge in [0.15, 0.2) is 11.6 Å². The number of hydrogen-bond donors (Lipinski definition) is 2. The monoisotopic (exact) mass is 456 g/mol. The minimum absolute atomic E-state index is 0.0564. The van der Waals surface area contributed by atoms with Crippen molar-refractivity contribution in [3.05, 3.63) is 90.3 Å². The van der Waals surface area contributed by atoms with Gasteiger partial charge in [-0.1, -0.05) is 29.4 Å². The summed E-state index contributed by atoms with van der Waals surface area (Å²) in [5.74, 6) is -0.503. The fourth-order valence-electron chi connectivity index (χ4n) is 3.28. The molecular weight excluding hydrogens is 439 g/mol. The molecule has 0 bridgehead atoms. The SMILES string of the molecule is Nc1nc(-c2cc(-c3ccon3)n(Cc3ccccc3F)n2)ncc1NC(=O)c1ccccn1. The third-order valence-electron chi connectivity index (χ3n) is 4.95. The summed E-state index contributed by atoms with van der Waals surface area (Å²) in [6.07, 6.45) is 4.34. The molecular formula is C23H17FN8O2. The highest BCUT2D eigenvalue weighted by Gasteiger charge is 2.18. The Bertz CT molecular complexity index is 1450. The molecule has 5 aromatic rings. The van der Waals surface area contributed by atoms with Crippen LogP contribution >= 0.6 is 0 Å². The lowest BCUT2D eigenvalue weighted by Crippen LogP contribution is -2.15. The van der Waals surface area contributed by atoms with Crippen LogP contribution in [0.5, 0.6) is 0 Å². The number of nitrogen functional groups attached to an aromatic ring is 1. The van der Waals surface area contributed by atoms with E-state index < -0.39 is 5.91 Å². The first-order valence-corrected chi connectivity index (χ1v) is 10.2. The van der Waals surface area contributed by atoms with Crippen LogP contribution in [0.2, 0.25) is 0 Å². The third-order valence-corrected chi connectivity index (χ3v) is 4.95. The Kier molecular flexibility index (Phi) is 5.48. The van der Waals surface area contributed by atoms with Crippen molar-refractivity contribution in [2.75, 3.05) is 11.1 Å². The van der Waals surface area contributed by atoms with Crippen LogP contribution in [0.15, 0.2) is 77.8 Å². The Morgan fingerprint density at radius 1 is 1.09 bits per heavy atom. The standard InChI is InChI=1S/C23H17FN8O2/c24-15-6-2-1-5-14(15)13-32-20(16-8-10-34-31-16)11-18(30-32)22-27-12-19(21(25)29-22)28-23(33)17-7-3-4-9-26-17/h1-12H,13H2,(H,28,33)(H2,25,27,29). The van der Waals surface area contributed by atoms with Gasteiger partial charge in [-0.25, -0.2) is 14.4 Å². The fraction of sp³-hybridized carbons (Fsp3) is 0.0435. The topological polar surface area (TPSA) is 138 Å². The first kappa shape index (κ1) is 20.9. The smallest absolute Gasteiger partial charge is 0.274 e. The molecule has 4 heterocycles. The van der Waals surface area contributed by atoms with Crippen LogP contribution in [0.3, 0.4) is 0 Å². The largest absolute Gasteiger partial charge is 0.382 e. The van der Waals surface area contributed by atoms with Crippen LogP contribution in [-0.2, 0) is 6.54 Å². The average Bonchev–Trinajstić information content (AvgIpc) is 3.52. The van der Waals surface area contributed by atoms with E-state index in [1.54, 1.807) is 53.2 Å². The Hall–Kier alpha value is -4.93. The van der Waals surface area contributed by atoms with E-state index >= 15 is 0 Å². The number of carbonyl (C=O) groups excluding carboxylic acids is 1. The first-order chi connectivity index (χ1) is 16.6. The van der Waals surface area contributed by atoms with Crippen LogP contribution in [0, 0.1) is 5.82 Å². The van der Waals surface area contributed by atoms with E-state index in [1.165, 1.54) is 24.7 Å². The molecule has 0 saturated heterocycles. The first-order valence-electron chi connectivity index (χ1n) is 10.2. The molecule has 0 radical (unpaired) electrons. The number of rotatable bonds is 6. The second-order valence-corrected chi connectivity index (χ2v) is 7.21. The number of nitrogens with zero attached hydrogens (tertiary/aromatic N) is 6. The van der Waals surface area contributed by atoms with Gasteiger partial charge in [0, 0.05) is 17.8 Å². The van der Waals surface area contributed by atoms with Crippen molar-refractivity contribution in [1.82, 2.24) is 29.9 Å². The predicted molar refractivity (Wildman–Crippen MR) is 121 cm³/mol. The van der Waals surface area contributed by atoms with Crippen molar-refractivity contribution >= 4 is 17.4 Å². The molecule has 0 atom stereocenters. The lowest BCUT2D eigenvalue weighted by Gasteiger charge is -2.08. The van der Waals surface area contributed by atoms with Crippen molar-refractivity contribution in [2.45, 2.75) is 6.54 Å². The van der Waals surface area contributed by atoms with E-state index in [0.717, 1.165) is 0 Å². The zero-order valence-electron chi connectivity index (χ0n) is 17.6. The Balaban J connectivity index is 1.46. The molecule has 10 nitrogen and oxygen atoms in total. The molecule has 4 aromatic heterocycles. The summed E-state index contributed by atoms with van der Waals surface area (Å²) in [6.45, 7) is 0.155. The summed E-state index contributed by atoms with van der Waals surface area (Å²) in [4.78, 5) is 24.9. The highest BCUT2D eigenvalue weighted by molar-refractivity contribution is 6.04. The predicted octanol–water partition coefficient (Wildman–Crippen LogP) is 3.41. The molecule has 0 aliphatic rings. The second-order valence-electron chi connectivity index (χ2n) is 7.21. The van der Waals surface area contributed by atoms with E-state index in [-0.39, 0.29) is 35.4 Å². The molecule has 0 spiro atoms. The fourth-order valence-corrected chi connectivity index (χ4v) is 3.28. The van der Waals surface area contributed by atoms with E-state index in [0.29, 0.717) is 22.6 Å². The van der Waals surface area contributed by atoms with Crippen molar-refractivity contribution in [3.63, 3.8) is 0 Å². The number of amides is 1. The van der Waals surface area contributed by atoms with Gasteiger partial charge in [0.1, 0.15) is 34.8 Å². The third kappa shape index (κ3) is 4.21. The van der Waals surface area contributed by atoms with Gasteiger partial charge in [0.25, 0.3) is 5.91 Å². The molecule has 0 aliphatic heterocycles. The van der Waals surface area contributed by atoms with Gasteiger partial charge in [-0.2, -0.15) is 5.10 Å². The summed E-state index contributed by atoms with van der Waals surface area (Å²) in [5.41, 5.74) is 8.49. The van der Waals surface area contributed by atoms with E-state index in [1.807, 2.05) is 0 Å². The quantitative estimate of drug-likeness (QED) is 0.396. The number of pyridine rings is 1. The number of hydrogen-bond acceptors (Lipinski definition) is 8. The van der Waals surface area contributed by atoms with Crippen molar-refractivity contribution in [2.24, 2.45) is 0 Å². The van der Waals surface area contributed by atoms with Crippen molar-refractivity contribution in [1.29, 1.82) is 0 Å². The van der Waals surface area contributed by atoms with Gasteiger partial charge < -0.3 is 15.6 Å². The number of nitrogens with two attached hydrogens (primary N) is 1. The van der Waals surface area contributed by atoms with Gasteiger partial charge in [-0.15, -0.1) is 0 Å². The van der Waals surface area contributed by atoms with Crippen LogP contribution < -0.4 is 11.1 Å². The maximum atomic E-state index is 14.2. The highest BCUT2D eigenvalue weighted by atomic mass is 19.1. The molecule has 0 aliphatic carbocycles. The lowest BCUT2D eigenvalue weighted by molar-refractivity contribution is 0.102. The number of nitrogens with one attached hydrogen (secondary N) is 1. The summed E-state index contributed by atoms with van der Waals surface area (Å²) in [7, 11) is 0. The van der Waals surface area contributed by atoms with E-state index in [4.69, 9.17) is 10.3 Å².